The minimum atomic E-state index is -0.393. The molecule has 3 aromatic rings. The predicted molar refractivity (Wildman–Crippen MR) is 66.4 cm³/mol. The molecule has 18 heavy (non-hydrogen) atoms. The Morgan fingerprint density at radius 1 is 1.17 bits per heavy atom. The van der Waals surface area contributed by atoms with E-state index in [0.717, 1.165) is 4.57 Å². The molecule has 1 aromatic carbocycles. The highest BCUT2D eigenvalue weighted by Gasteiger charge is 2.22. The second kappa shape index (κ2) is 3.53. The fourth-order valence-corrected chi connectivity index (χ4v) is 2.11. The summed E-state index contributed by atoms with van der Waals surface area (Å²) in [6.45, 7) is 0. The van der Waals surface area contributed by atoms with Gasteiger partial charge in [0.15, 0.2) is 5.39 Å². The minimum absolute atomic E-state index is 0.310. The van der Waals surface area contributed by atoms with Crippen molar-refractivity contribution in [2.24, 2.45) is 14.1 Å². The van der Waals surface area contributed by atoms with Gasteiger partial charge in [0.1, 0.15) is 5.58 Å². The second-order valence-electron chi connectivity index (χ2n) is 4.18. The van der Waals surface area contributed by atoms with E-state index in [9.17, 15) is 9.59 Å². The van der Waals surface area contributed by atoms with Crippen molar-refractivity contribution < 1.29 is 8.98 Å². The highest BCUT2D eigenvalue weighted by atomic mass is 16.3. The molecular weight excluding hydrogens is 232 g/mol. The number of fused-ring (bicyclic) bond motifs is 3. The molecule has 5 nitrogen and oxygen atoms in total. The SMILES string of the molecule is Cn1c(=O)c2c3cccccc3oc2[n+](C)c1=O. The molecule has 5 heteroatoms. The Hall–Kier alpha value is -2.43. The first-order valence-corrected chi connectivity index (χ1v) is 5.52. The number of rotatable bonds is 0. The highest BCUT2D eigenvalue weighted by molar-refractivity contribution is 6.01. The van der Waals surface area contributed by atoms with E-state index in [1.54, 1.807) is 13.1 Å². The van der Waals surface area contributed by atoms with E-state index in [1.165, 1.54) is 11.6 Å². The standard InChI is InChI=1S/C13H11N2O3/c1-14-11(16)10-8-6-4-3-5-7-9(8)18-12(10)15(2)13(14)17/h3-7H,1-2H3/q+1. The molecule has 90 valence electrons. The number of aromatic nitrogens is 2. The lowest BCUT2D eigenvalue weighted by Crippen LogP contribution is -2.54. The maximum absolute atomic E-state index is 12.2. The van der Waals surface area contributed by atoms with Crippen molar-refractivity contribution in [1.29, 1.82) is 0 Å². The molecule has 0 aliphatic carbocycles. The van der Waals surface area contributed by atoms with Crippen LogP contribution in [0.4, 0.5) is 0 Å². The van der Waals surface area contributed by atoms with Gasteiger partial charge in [-0.25, -0.2) is 4.79 Å². The summed E-state index contributed by atoms with van der Waals surface area (Å²) in [5.74, 6) is 0. The first-order valence-electron chi connectivity index (χ1n) is 5.52. The Morgan fingerprint density at radius 3 is 2.67 bits per heavy atom. The van der Waals surface area contributed by atoms with Gasteiger partial charge < -0.3 is 4.42 Å². The molecule has 3 rings (SSSR count). The van der Waals surface area contributed by atoms with Gasteiger partial charge in [0, 0.05) is 5.39 Å². The average Bonchev–Trinajstić information content (AvgIpc) is 2.57. The summed E-state index contributed by atoms with van der Waals surface area (Å²) in [5.41, 5.74) is 0.173. The van der Waals surface area contributed by atoms with Crippen LogP contribution in [0.2, 0.25) is 0 Å². The van der Waals surface area contributed by atoms with E-state index < -0.39 is 5.69 Å². The largest absolute Gasteiger partial charge is 0.503 e. The number of hydrogen-bond donors (Lipinski definition) is 0. The quantitative estimate of drug-likeness (QED) is 0.539. The van der Waals surface area contributed by atoms with Crippen molar-refractivity contribution in [3.8, 4) is 0 Å². The molecule has 0 saturated heterocycles. The van der Waals surface area contributed by atoms with E-state index >= 15 is 0 Å². The van der Waals surface area contributed by atoms with Gasteiger partial charge in [-0.3, -0.25) is 0 Å². The molecule has 0 atom stereocenters. The molecule has 0 spiro atoms. The van der Waals surface area contributed by atoms with Crippen LogP contribution in [0.15, 0.2) is 44.3 Å². The molecule has 0 aliphatic rings. The topological polar surface area (TPSA) is 56.1 Å². The van der Waals surface area contributed by atoms with Gasteiger partial charge in [-0.05, 0) is 6.07 Å². The third kappa shape index (κ3) is 1.24. The van der Waals surface area contributed by atoms with Gasteiger partial charge in [0.05, 0.1) is 14.1 Å². The maximum Gasteiger partial charge on any atom is 0.503 e. The van der Waals surface area contributed by atoms with Crippen molar-refractivity contribution in [1.82, 2.24) is 4.57 Å². The van der Waals surface area contributed by atoms with Crippen molar-refractivity contribution in [3.63, 3.8) is 0 Å². The zero-order chi connectivity index (χ0) is 12.9. The summed E-state index contributed by atoms with van der Waals surface area (Å²) in [6.07, 6.45) is 0. The first-order chi connectivity index (χ1) is 8.61. The third-order valence-corrected chi connectivity index (χ3v) is 3.09. The van der Waals surface area contributed by atoms with Gasteiger partial charge in [0.2, 0.25) is 0 Å². The lowest BCUT2D eigenvalue weighted by molar-refractivity contribution is -0.671. The molecule has 0 saturated carbocycles. The number of nitrogens with zero attached hydrogens (tertiary/aromatic N) is 2. The van der Waals surface area contributed by atoms with E-state index in [0.29, 0.717) is 22.1 Å². The second-order valence-corrected chi connectivity index (χ2v) is 4.18. The van der Waals surface area contributed by atoms with Crippen molar-refractivity contribution in [2.45, 2.75) is 0 Å². The predicted octanol–water partition coefficient (Wildman–Crippen LogP) is 0.469. The van der Waals surface area contributed by atoms with Crippen LogP contribution in [0.1, 0.15) is 0 Å². The van der Waals surface area contributed by atoms with Crippen molar-refractivity contribution >= 4 is 22.1 Å². The van der Waals surface area contributed by atoms with Gasteiger partial charge in [-0.2, -0.15) is 13.9 Å². The summed E-state index contributed by atoms with van der Waals surface area (Å²) in [7, 11) is 3.05. The molecule has 0 unspecified atom stereocenters. The zero-order valence-electron chi connectivity index (χ0n) is 10.0. The molecular formula is C13H11N2O3+. The van der Waals surface area contributed by atoms with Gasteiger partial charge in [-0.1, -0.05) is 24.3 Å². The van der Waals surface area contributed by atoms with E-state index in [1.807, 2.05) is 24.3 Å². The highest BCUT2D eigenvalue weighted by Crippen LogP contribution is 2.21. The van der Waals surface area contributed by atoms with Crippen LogP contribution in [0.3, 0.4) is 0 Å². The Bertz CT molecular complexity index is 890. The van der Waals surface area contributed by atoms with Gasteiger partial charge >= 0.3 is 17.0 Å². The first kappa shape index (κ1) is 10.7. The van der Waals surface area contributed by atoms with Crippen LogP contribution in [0.5, 0.6) is 0 Å². The molecule has 0 fully saturated rings. The van der Waals surface area contributed by atoms with Gasteiger partial charge in [-0.15, -0.1) is 0 Å². The lowest BCUT2D eigenvalue weighted by Gasteiger charge is -1.92. The molecule has 0 aliphatic heterocycles. The summed E-state index contributed by atoms with van der Waals surface area (Å²) in [5, 5.41) is 1.15. The zero-order valence-corrected chi connectivity index (χ0v) is 10.0. The molecule has 2 aromatic heterocycles. The van der Waals surface area contributed by atoms with Crippen LogP contribution < -0.4 is 15.8 Å². The Kier molecular flexibility index (Phi) is 2.10. The Balaban J connectivity index is 2.76. The normalized spacial score (nSPS) is 11.2. The molecule has 0 N–H and O–H groups in total. The van der Waals surface area contributed by atoms with Crippen LogP contribution in [0.25, 0.3) is 22.1 Å². The van der Waals surface area contributed by atoms with Crippen LogP contribution >= 0.6 is 0 Å². The molecule has 0 bridgehead atoms. The Labute approximate surface area is 102 Å². The summed E-state index contributed by atoms with van der Waals surface area (Å²) in [4.78, 5) is 24.0. The number of furan rings is 1. The monoisotopic (exact) mass is 243 g/mol. The van der Waals surface area contributed by atoms with Crippen LogP contribution in [0, 0.1) is 0 Å². The maximum atomic E-state index is 12.2. The average molecular weight is 243 g/mol. The fraction of sp³-hybridized carbons (Fsp3) is 0.154. The van der Waals surface area contributed by atoms with Crippen molar-refractivity contribution in [3.05, 3.63) is 51.2 Å². The third-order valence-electron chi connectivity index (χ3n) is 3.09. The van der Waals surface area contributed by atoms with Crippen LogP contribution in [-0.2, 0) is 14.1 Å². The summed E-state index contributed by atoms with van der Waals surface area (Å²) >= 11 is 0. The van der Waals surface area contributed by atoms with E-state index in [2.05, 4.69) is 0 Å². The van der Waals surface area contributed by atoms with Crippen LogP contribution in [-0.4, -0.2) is 4.57 Å². The Morgan fingerprint density at radius 2 is 1.89 bits per heavy atom. The summed E-state index contributed by atoms with van der Waals surface area (Å²) in [6, 6.07) is 9.11. The van der Waals surface area contributed by atoms with E-state index in [-0.39, 0.29) is 5.56 Å². The fourth-order valence-electron chi connectivity index (χ4n) is 2.11. The minimum Gasteiger partial charge on any atom is -0.422 e. The number of hydrogen-bond acceptors (Lipinski definition) is 3. The number of aryl methyl sites for hydroxylation is 1. The molecule has 2 heterocycles. The van der Waals surface area contributed by atoms with E-state index in [4.69, 9.17) is 4.42 Å². The van der Waals surface area contributed by atoms with Crippen molar-refractivity contribution in [2.75, 3.05) is 0 Å². The lowest BCUT2D eigenvalue weighted by atomic mass is 10.2. The smallest absolute Gasteiger partial charge is 0.422 e. The van der Waals surface area contributed by atoms with Gasteiger partial charge in [0.25, 0.3) is 0 Å². The summed E-state index contributed by atoms with van der Waals surface area (Å²) < 4.78 is 8.04. The molecule has 0 radical (unpaired) electrons. The molecule has 0 amide bonds.